The van der Waals surface area contributed by atoms with Gasteiger partial charge in [-0.3, -0.25) is 4.79 Å². The van der Waals surface area contributed by atoms with Crippen LogP contribution in [0.4, 0.5) is 0 Å². The number of carbonyl (C=O) groups is 2. The number of carbonyl (C=O) groups excluding carboxylic acids is 2. The van der Waals surface area contributed by atoms with Gasteiger partial charge < -0.3 is 10.1 Å². The molecule has 1 N–H and O–H groups in total. The maximum absolute atomic E-state index is 11.5. The predicted molar refractivity (Wildman–Crippen MR) is 71.8 cm³/mol. The lowest BCUT2D eigenvalue weighted by molar-refractivity contribution is -0.163. The van der Waals surface area contributed by atoms with E-state index in [2.05, 4.69) is 21.2 Å². The van der Waals surface area contributed by atoms with Crippen LogP contribution < -0.4 is 5.32 Å². The average molecular weight is 314 g/mol. The van der Waals surface area contributed by atoms with E-state index in [1.165, 1.54) is 0 Å². The van der Waals surface area contributed by atoms with Gasteiger partial charge in [-0.2, -0.15) is 0 Å². The van der Waals surface area contributed by atoms with Crippen LogP contribution in [0, 0.1) is 0 Å². The Labute approximate surface area is 115 Å². The van der Waals surface area contributed by atoms with Gasteiger partial charge in [0.05, 0.1) is 0 Å². The van der Waals surface area contributed by atoms with E-state index in [4.69, 9.17) is 4.74 Å². The molecule has 98 valence electrons. The van der Waals surface area contributed by atoms with Gasteiger partial charge in [-0.05, 0) is 38.5 Å². The Morgan fingerprint density at radius 3 is 2.56 bits per heavy atom. The highest BCUT2D eigenvalue weighted by molar-refractivity contribution is 9.10. The summed E-state index contributed by atoms with van der Waals surface area (Å²) in [6, 6.07) is 7.48. The van der Waals surface area contributed by atoms with E-state index >= 15 is 0 Å². The molecule has 1 amide bonds. The van der Waals surface area contributed by atoms with Gasteiger partial charge in [-0.1, -0.05) is 28.1 Å². The number of halogens is 1. The largest absolute Gasteiger partial charge is 0.453 e. The van der Waals surface area contributed by atoms with Gasteiger partial charge >= 0.3 is 11.9 Å². The van der Waals surface area contributed by atoms with E-state index in [1.54, 1.807) is 20.8 Å². The quantitative estimate of drug-likeness (QED) is 0.674. The third kappa shape index (κ3) is 5.31. The molecule has 4 nitrogen and oxygen atoms in total. The number of amides is 1. The van der Waals surface area contributed by atoms with E-state index in [0.29, 0.717) is 0 Å². The van der Waals surface area contributed by atoms with Crippen molar-refractivity contribution < 1.29 is 14.3 Å². The molecule has 0 aliphatic carbocycles. The summed E-state index contributed by atoms with van der Waals surface area (Å²) in [6.45, 7) is 5.43. The second kappa shape index (κ2) is 6.00. The summed E-state index contributed by atoms with van der Waals surface area (Å²) in [5, 5.41) is 2.51. The number of hydrogen-bond donors (Lipinski definition) is 1. The van der Waals surface area contributed by atoms with Crippen molar-refractivity contribution in [2.24, 2.45) is 0 Å². The van der Waals surface area contributed by atoms with Gasteiger partial charge in [0.25, 0.3) is 0 Å². The molecule has 0 aliphatic heterocycles. The van der Waals surface area contributed by atoms with Crippen LogP contribution in [-0.2, 0) is 20.9 Å². The van der Waals surface area contributed by atoms with E-state index in [1.807, 2.05) is 24.3 Å². The summed E-state index contributed by atoms with van der Waals surface area (Å²) < 4.78 is 5.87. The van der Waals surface area contributed by atoms with Crippen LogP contribution >= 0.6 is 15.9 Å². The number of rotatable bonds is 2. The van der Waals surface area contributed by atoms with E-state index in [9.17, 15) is 9.59 Å². The number of ether oxygens (including phenoxy) is 1. The lowest BCUT2D eigenvalue weighted by atomic mass is 10.2. The molecule has 0 atom stereocenters. The van der Waals surface area contributed by atoms with Crippen molar-refractivity contribution in [1.29, 1.82) is 0 Å². The fourth-order valence-electron chi connectivity index (χ4n) is 1.23. The van der Waals surface area contributed by atoms with Crippen molar-refractivity contribution >= 4 is 27.8 Å². The molecule has 0 spiro atoms. The van der Waals surface area contributed by atoms with Crippen molar-refractivity contribution in [2.75, 3.05) is 0 Å². The maximum atomic E-state index is 11.5. The molecule has 0 unspecified atom stereocenters. The number of esters is 1. The molecule has 18 heavy (non-hydrogen) atoms. The first-order valence-corrected chi connectivity index (χ1v) is 6.33. The summed E-state index contributed by atoms with van der Waals surface area (Å²) in [5.41, 5.74) is 0.241. The molecule has 1 aromatic carbocycles. The fourth-order valence-corrected chi connectivity index (χ4v) is 1.67. The van der Waals surface area contributed by atoms with Crippen molar-refractivity contribution in [3.05, 3.63) is 34.3 Å². The van der Waals surface area contributed by atoms with Crippen LogP contribution in [0.25, 0.3) is 0 Å². The zero-order valence-electron chi connectivity index (χ0n) is 10.6. The van der Waals surface area contributed by atoms with Crippen LogP contribution in [0.3, 0.4) is 0 Å². The average Bonchev–Trinajstić information content (AvgIpc) is 2.23. The first-order chi connectivity index (χ1) is 8.28. The third-order valence-corrected chi connectivity index (χ3v) is 2.42. The van der Waals surface area contributed by atoms with Gasteiger partial charge in [-0.15, -0.1) is 0 Å². The second-order valence-corrected chi connectivity index (χ2v) is 5.73. The first kappa shape index (κ1) is 14.7. The predicted octanol–water partition coefficient (Wildman–Crippen LogP) is 2.41. The van der Waals surface area contributed by atoms with Crippen molar-refractivity contribution in [1.82, 2.24) is 5.32 Å². The minimum atomic E-state index is -0.863. The second-order valence-electron chi connectivity index (χ2n) is 4.81. The van der Waals surface area contributed by atoms with Crippen LogP contribution in [0.15, 0.2) is 28.7 Å². The van der Waals surface area contributed by atoms with E-state index < -0.39 is 17.5 Å². The third-order valence-electron chi connectivity index (χ3n) is 1.93. The van der Waals surface area contributed by atoms with Crippen molar-refractivity contribution in [3.8, 4) is 0 Å². The van der Waals surface area contributed by atoms with Crippen molar-refractivity contribution in [2.45, 2.75) is 32.9 Å². The van der Waals surface area contributed by atoms with Crippen LogP contribution in [0.2, 0.25) is 0 Å². The molecular weight excluding hydrogens is 298 g/mol. The Bertz CT molecular complexity index is 452. The Hall–Kier alpha value is -1.36. The standard InChI is InChI=1S/C13H16BrNO3/c1-13(2,3)18-12(17)11(16)15-8-9-5-4-6-10(14)7-9/h4-7H,8H2,1-3H3,(H,15,16). The van der Waals surface area contributed by atoms with Gasteiger partial charge in [0.2, 0.25) is 0 Å². The summed E-state index contributed by atoms with van der Waals surface area (Å²) in [4.78, 5) is 22.9. The zero-order valence-corrected chi connectivity index (χ0v) is 12.2. The molecule has 0 aromatic heterocycles. The van der Waals surface area contributed by atoms with Crippen LogP contribution in [0.5, 0.6) is 0 Å². The van der Waals surface area contributed by atoms with Gasteiger partial charge in [0, 0.05) is 11.0 Å². The first-order valence-electron chi connectivity index (χ1n) is 5.53. The monoisotopic (exact) mass is 313 g/mol. The fraction of sp³-hybridized carbons (Fsp3) is 0.385. The summed E-state index contributed by atoms with van der Waals surface area (Å²) in [7, 11) is 0. The molecule has 0 saturated carbocycles. The summed E-state index contributed by atoms with van der Waals surface area (Å²) in [6.07, 6.45) is 0. The Balaban J connectivity index is 2.49. The highest BCUT2D eigenvalue weighted by Gasteiger charge is 2.22. The van der Waals surface area contributed by atoms with Gasteiger partial charge in [-0.25, -0.2) is 4.79 Å². The molecule has 0 radical (unpaired) electrons. The Morgan fingerprint density at radius 2 is 2.00 bits per heavy atom. The highest BCUT2D eigenvalue weighted by Crippen LogP contribution is 2.11. The summed E-state index contributed by atoms with van der Waals surface area (Å²) in [5.74, 6) is -1.60. The van der Waals surface area contributed by atoms with Gasteiger partial charge in [0.15, 0.2) is 0 Å². The minimum Gasteiger partial charge on any atom is -0.453 e. The SMILES string of the molecule is CC(C)(C)OC(=O)C(=O)NCc1cccc(Br)c1. The number of benzene rings is 1. The molecule has 1 rings (SSSR count). The Morgan fingerprint density at radius 1 is 1.33 bits per heavy atom. The van der Waals surface area contributed by atoms with E-state index in [-0.39, 0.29) is 6.54 Å². The molecule has 0 saturated heterocycles. The zero-order chi connectivity index (χ0) is 13.8. The van der Waals surface area contributed by atoms with E-state index in [0.717, 1.165) is 10.0 Å². The Kier molecular flexibility index (Phi) is 4.90. The molecular formula is C13H16BrNO3. The summed E-state index contributed by atoms with van der Waals surface area (Å²) >= 11 is 3.33. The molecule has 0 fully saturated rings. The topological polar surface area (TPSA) is 55.4 Å². The number of hydrogen-bond acceptors (Lipinski definition) is 3. The molecule has 0 heterocycles. The number of nitrogens with one attached hydrogen (secondary N) is 1. The molecule has 0 bridgehead atoms. The maximum Gasteiger partial charge on any atom is 0.397 e. The lowest BCUT2D eigenvalue weighted by Crippen LogP contribution is -2.36. The van der Waals surface area contributed by atoms with Crippen LogP contribution in [-0.4, -0.2) is 17.5 Å². The minimum absolute atomic E-state index is 0.289. The smallest absolute Gasteiger partial charge is 0.397 e. The molecule has 0 aliphatic rings. The van der Waals surface area contributed by atoms with Gasteiger partial charge in [0.1, 0.15) is 5.60 Å². The highest BCUT2D eigenvalue weighted by atomic mass is 79.9. The normalized spacial score (nSPS) is 10.9. The van der Waals surface area contributed by atoms with Crippen molar-refractivity contribution in [3.63, 3.8) is 0 Å². The molecule has 5 heteroatoms. The molecule has 1 aromatic rings. The lowest BCUT2D eigenvalue weighted by Gasteiger charge is -2.18. The van der Waals surface area contributed by atoms with Crippen LogP contribution in [0.1, 0.15) is 26.3 Å².